The third-order valence-electron chi connectivity index (χ3n) is 3.99. The zero-order chi connectivity index (χ0) is 15.9. The summed E-state index contributed by atoms with van der Waals surface area (Å²) in [4.78, 5) is 14.5. The van der Waals surface area contributed by atoms with Crippen molar-refractivity contribution in [2.24, 2.45) is 0 Å². The minimum atomic E-state index is -0.207. The molecular weight excluding hydrogens is 351 g/mol. The number of benzene rings is 1. The Hall–Kier alpha value is -1.76. The van der Waals surface area contributed by atoms with Gasteiger partial charge in [0, 0.05) is 24.1 Å². The molecular formula is C15H16BrFN4O. The summed E-state index contributed by atoms with van der Waals surface area (Å²) in [5, 5.41) is 7.95. The van der Waals surface area contributed by atoms with Gasteiger partial charge in [-0.3, -0.25) is 4.79 Å². The number of hydrogen-bond acceptors (Lipinski definition) is 3. The molecule has 22 heavy (non-hydrogen) atoms. The Labute approximate surface area is 136 Å². The molecule has 1 aliphatic rings. The monoisotopic (exact) mass is 366 g/mol. The third kappa shape index (κ3) is 2.43. The van der Waals surface area contributed by atoms with E-state index in [2.05, 4.69) is 26.2 Å². The number of carbonyl (C=O) groups is 1. The van der Waals surface area contributed by atoms with Gasteiger partial charge in [-0.25, -0.2) is 9.07 Å². The van der Waals surface area contributed by atoms with Crippen LogP contribution in [0.3, 0.4) is 0 Å². The molecule has 1 amide bonds. The number of aromatic nitrogens is 3. The highest BCUT2D eigenvalue weighted by molar-refractivity contribution is 9.10. The fraction of sp³-hybridized carbons (Fsp3) is 0.400. The molecule has 0 N–H and O–H groups in total. The van der Waals surface area contributed by atoms with Crippen molar-refractivity contribution < 1.29 is 9.18 Å². The van der Waals surface area contributed by atoms with Crippen molar-refractivity contribution in [1.29, 1.82) is 0 Å². The quantitative estimate of drug-likeness (QED) is 0.820. The van der Waals surface area contributed by atoms with E-state index in [9.17, 15) is 9.18 Å². The Kier molecular flexibility index (Phi) is 3.99. The summed E-state index contributed by atoms with van der Waals surface area (Å²) in [5.41, 5.74) is 2.67. The molecule has 1 aromatic carbocycles. The van der Waals surface area contributed by atoms with Crippen LogP contribution in [0.2, 0.25) is 0 Å². The molecule has 0 saturated carbocycles. The maximum atomic E-state index is 13.9. The fourth-order valence-corrected chi connectivity index (χ4v) is 3.30. The van der Waals surface area contributed by atoms with Gasteiger partial charge in [-0.05, 0) is 43.5 Å². The van der Waals surface area contributed by atoms with Crippen LogP contribution in [0.1, 0.15) is 34.2 Å². The van der Waals surface area contributed by atoms with Crippen molar-refractivity contribution in [1.82, 2.24) is 19.9 Å². The topological polar surface area (TPSA) is 51.0 Å². The zero-order valence-corrected chi connectivity index (χ0v) is 14.0. The number of amides is 1. The Morgan fingerprint density at radius 3 is 2.91 bits per heavy atom. The van der Waals surface area contributed by atoms with E-state index < -0.39 is 0 Å². The molecule has 116 valence electrons. The molecule has 3 rings (SSSR count). The molecule has 0 unspecified atom stereocenters. The van der Waals surface area contributed by atoms with Crippen molar-refractivity contribution >= 4 is 21.8 Å². The van der Waals surface area contributed by atoms with Crippen LogP contribution < -0.4 is 0 Å². The lowest BCUT2D eigenvalue weighted by molar-refractivity contribution is 0.0719. The van der Waals surface area contributed by atoms with E-state index >= 15 is 0 Å². The second kappa shape index (κ2) is 5.79. The summed E-state index contributed by atoms with van der Waals surface area (Å²) in [5.74, 6) is -0.312. The van der Waals surface area contributed by atoms with Crippen LogP contribution in [-0.2, 0) is 19.5 Å². The fourth-order valence-electron chi connectivity index (χ4n) is 2.80. The van der Waals surface area contributed by atoms with Gasteiger partial charge in [0.05, 0.1) is 5.69 Å². The van der Waals surface area contributed by atoms with Gasteiger partial charge in [0.25, 0.3) is 5.91 Å². The van der Waals surface area contributed by atoms with Crippen molar-refractivity contribution in [3.8, 4) is 0 Å². The molecule has 0 aliphatic carbocycles. The van der Waals surface area contributed by atoms with E-state index in [0.717, 1.165) is 10.0 Å². The van der Waals surface area contributed by atoms with Gasteiger partial charge >= 0.3 is 0 Å². The predicted molar refractivity (Wildman–Crippen MR) is 83.0 cm³/mol. The van der Waals surface area contributed by atoms with Gasteiger partial charge in [0.15, 0.2) is 0 Å². The molecule has 2 heterocycles. The Bertz CT molecular complexity index is 743. The summed E-state index contributed by atoms with van der Waals surface area (Å²) in [6, 6.07) is 3.14. The van der Waals surface area contributed by atoms with Crippen LogP contribution in [0, 0.1) is 12.7 Å². The Morgan fingerprint density at radius 1 is 1.41 bits per heavy atom. The van der Waals surface area contributed by atoms with Crippen LogP contribution in [0.15, 0.2) is 16.6 Å². The summed E-state index contributed by atoms with van der Waals surface area (Å²) in [7, 11) is 0. The lowest BCUT2D eigenvalue weighted by Crippen LogP contribution is -2.38. The summed E-state index contributed by atoms with van der Waals surface area (Å²) < 4.78 is 16.3. The van der Waals surface area contributed by atoms with E-state index in [1.165, 1.54) is 6.07 Å². The highest BCUT2D eigenvalue weighted by atomic mass is 79.9. The maximum absolute atomic E-state index is 13.9. The summed E-state index contributed by atoms with van der Waals surface area (Å²) in [6.45, 7) is 5.17. The van der Waals surface area contributed by atoms with Crippen LogP contribution in [0.25, 0.3) is 0 Å². The van der Waals surface area contributed by atoms with E-state index in [1.807, 2.05) is 6.92 Å². The molecule has 2 aromatic rings. The molecule has 0 bridgehead atoms. The summed E-state index contributed by atoms with van der Waals surface area (Å²) >= 11 is 3.45. The lowest BCUT2D eigenvalue weighted by Gasteiger charge is -2.30. The first kappa shape index (κ1) is 15.1. The first-order valence-electron chi connectivity index (χ1n) is 7.18. The molecule has 1 aromatic heterocycles. The number of carbonyl (C=O) groups excluding carboxylic acids is 1. The first-order chi connectivity index (χ1) is 10.5. The molecule has 0 saturated heterocycles. The number of aryl methyl sites for hydroxylation is 2. The zero-order valence-electron chi connectivity index (χ0n) is 12.4. The van der Waals surface area contributed by atoms with E-state index in [0.29, 0.717) is 43.0 Å². The van der Waals surface area contributed by atoms with Gasteiger partial charge in [-0.15, -0.1) is 5.10 Å². The minimum absolute atomic E-state index is 0.105. The first-order valence-corrected chi connectivity index (χ1v) is 7.97. The van der Waals surface area contributed by atoms with Gasteiger partial charge in [-0.2, -0.15) is 0 Å². The molecule has 1 aliphatic heterocycles. The van der Waals surface area contributed by atoms with E-state index in [1.54, 1.807) is 22.6 Å². The average molecular weight is 367 g/mol. The van der Waals surface area contributed by atoms with Crippen LogP contribution >= 0.6 is 15.9 Å². The smallest absolute Gasteiger partial charge is 0.274 e. The number of hydrogen-bond donors (Lipinski definition) is 0. The Balaban J connectivity index is 1.93. The highest BCUT2D eigenvalue weighted by Gasteiger charge is 2.28. The van der Waals surface area contributed by atoms with Gasteiger partial charge in [-0.1, -0.05) is 21.1 Å². The second-order valence-corrected chi connectivity index (χ2v) is 6.16. The molecule has 5 nitrogen and oxygen atoms in total. The van der Waals surface area contributed by atoms with Crippen LogP contribution in [0.5, 0.6) is 0 Å². The Morgan fingerprint density at radius 2 is 2.18 bits per heavy atom. The number of nitrogens with zero attached hydrogens (tertiary/aromatic N) is 4. The van der Waals surface area contributed by atoms with Crippen LogP contribution in [-0.4, -0.2) is 32.3 Å². The molecule has 0 radical (unpaired) electrons. The van der Waals surface area contributed by atoms with E-state index in [-0.39, 0.29) is 11.7 Å². The standard InChI is InChI=1S/C15H16BrFN4O/c1-3-21-14(9(2)18-19-21)15(22)20-7-6-10-11(8-20)12(16)4-5-13(10)17/h4-5H,3,6-8H2,1-2H3. The van der Waals surface area contributed by atoms with Crippen molar-refractivity contribution in [2.45, 2.75) is 33.4 Å². The summed E-state index contributed by atoms with van der Waals surface area (Å²) in [6.07, 6.45) is 0.513. The average Bonchev–Trinajstić information content (AvgIpc) is 2.91. The predicted octanol–water partition coefficient (Wildman–Crippen LogP) is 2.71. The highest BCUT2D eigenvalue weighted by Crippen LogP contribution is 2.29. The normalized spacial score (nSPS) is 14.1. The molecule has 7 heteroatoms. The van der Waals surface area contributed by atoms with Crippen molar-refractivity contribution in [3.63, 3.8) is 0 Å². The largest absolute Gasteiger partial charge is 0.333 e. The second-order valence-electron chi connectivity index (χ2n) is 5.30. The van der Waals surface area contributed by atoms with Crippen molar-refractivity contribution in [2.75, 3.05) is 6.54 Å². The molecule has 0 fully saturated rings. The maximum Gasteiger partial charge on any atom is 0.274 e. The SMILES string of the molecule is CCn1nnc(C)c1C(=O)N1CCc2c(F)ccc(Br)c2C1. The number of fused-ring (bicyclic) bond motifs is 1. The third-order valence-corrected chi connectivity index (χ3v) is 4.73. The molecule has 0 atom stereocenters. The van der Waals surface area contributed by atoms with Crippen LogP contribution in [0.4, 0.5) is 4.39 Å². The molecule has 0 spiro atoms. The lowest BCUT2D eigenvalue weighted by atomic mass is 9.99. The van der Waals surface area contributed by atoms with E-state index in [4.69, 9.17) is 0 Å². The van der Waals surface area contributed by atoms with Gasteiger partial charge in [0.1, 0.15) is 11.5 Å². The van der Waals surface area contributed by atoms with Gasteiger partial charge in [0.2, 0.25) is 0 Å². The minimum Gasteiger partial charge on any atom is -0.333 e. The number of halogens is 2. The van der Waals surface area contributed by atoms with Crippen molar-refractivity contribution in [3.05, 3.63) is 44.9 Å². The number of rotatable bonds is 2. The van der Waals surface area contributed by atoms with Gasteiger partial charge < -0.3 is 4.90 Å².